The molecule has 6 heteroatoms. The van der Waals surface area contributed by atoms with Crippen LogP contribution in [-0.4, -0.2) is 42.6 Å². The van der Waals surface area contributed by atoms with E-state index in [1.807, 2.05) is 6.92 Å². The Hall–Kier alpha value is -0.750. The molecule has 1 rings (SSSR count). The number of hydrogen-bond acceptors (Lipinski definition) is 4. The summed E-state index contributed by atoms with van der Waals surface area (Å²) < 4.78 is 0. The molecule has 1 heterocycles. The van der Waals surface area contributed by atoms with Gasteiger partial charge in [0.25, 0.3) is 5.24 Å². The Morgan fingerprint density at radius 1 is 1.60 bits per heavy atom. The van der Waals surface area contributed by atoms with Crippen molar-refractivity contribution in [1.29, 1.82) is 0 Å². The lowest BCUT2D eigenvalue weighted by molar-refractivity contribution is -0.122. The molecule has 2 amide bonds. The van der Waals surface area contributed by atoms with Crippen molar-refractivity contribution in [2.45, 2.75) is 19.4 Å². The standard InChI is InChI=1S/C9H17N3O2S/c1-2-10-4-3-5-11-8(13)7-6-15-9(14)12-7/h7,10H,2-6H2,1H3,(H,11,13)(H,12,14). The second-order valence-electron chi connectivity index (χ2n) is 3.29. The lowest BCUT2D eigenvalue weighted by Gasteiger charge is -2.09. The van der Waals surface area contributed by atoms with Crippen LogP contribution in [0, 0.1) is 0 Å². The number of hydrogen-bond donors (Lipinski definition) is 3. The maximum atomic E-state index is 11.5. The fraction of sp³-hybridized carbons (Fsp3) is 0.778. The van der Waals surface area contributed by atoms with E-state index in [1.165, 1.54) is 0 Å². The fourth-order valence-electron chi connectivity index (χ4n) is 1.25. The second kappa shape index (κ2) is 6.68. The van der Waals surface area contributed by atoms with Crippen LogP contribution in [0.15, 0.2) is 0 Å². The molecule has 1 saturated heterocycles. The van der Waals surface area contributed by atoms with Gasteiger partial charge in [0.1, 0.15) is 6.04 Å². The molecule has 86 valence electrons. The first-order valence-electron chi connectivity index (χ1n) is 5.15. The molecule has 0 aromatic rings. The summed E-state index contributed by atoms with van der Waals surface area (Å²) in [5, 5.41) is 8.46. The Bertz CT molecular complexity index is 235. The fourth-order valence-corrected chi connectivity index (χ4v) is 2.03. The molecule has 0 aromatic carbocycles. The van der Waals surface area contributed by atoms with E-state index in [0.717, 1.165) is 31.3 Å². The van der Waals surface area contributed by atoms with Gasteiger partial charge in [-0.3, -0.25) is 9.59 Å². The van der Waals surface area contributed by atoms with Crippen molar-refractivity contribution in [2.75, 3.05) is 25.4 Å². The summed E-state index contributed by atoms with van der Waals surface area (Å²) in [6.07, 6.45) is 0.910. The van der Waals surface area contributed by atoms with Gasteiger partial charge < -0.3 is 16.0 Å². The van der Waals surface area contributed by atoms with Gasteiger partial charge in [0.05, 0.1) is 0 Å². The van der Waals surface area contributed by atoms with Gasteiger partial charge in [-0.05, 0) is 19.5 Å². The summed E-state index contributed by atoms with van der Waals surface area (Å²) in [4.78, 5) is 22.3. The summed E-state index contributed by atoms with van der Waals surface area (Å²) in [5.41, 5.74) is 0. The largest absolute Gasteiger partial charge is 0.354 e. The van der Waals surface area contributed by atoms with Crippen LogP contribution in [0.4, 0.5) is 4.79 Å². The monoisotopic (exact) mass is 231 g/mol. The van der Waals surface area contributed by atoms with Crippen molar-refractivity contribution < 1.29 is 9.59 Å². The zero-order valence-corrected chi connectivity index (χ0v) is 9.65. The van der Waals surface area contributed by atoms with Crippen LogP contribution >= 0.6 is 11.8 Å². The number of carbonyl (C=O) groups is 2. The maximum absolute atomic E-state index is 11.5. The SMILES string of the molecule is CCNCCCNC(=O)C1CSC(=O)N1. The zero-order valence-electron chi connectivity index (χ0n) is 8.84. The van der Waals surface area contributed by atoms with E-state index < -0.39 is 0 Å². The van der Waals surface area contributed by atoms with Gasteiger partial charge in [-0.15, -0.1) is 0 Å². The highest BCUT2D eigenvalue weighted by molar-refractivity contribution is 8.14. The summed E-state index contributed by atoms with van der Waals surface area (Å²) in [7, 11) is 0. The molecular formula is C9H17N3O2S. The number of carbonyl (C=O) groups excluding carboxylic acids is 2. The molecule has 1 fully saturated rings. The van der Waals surface area contributed by atoms with E-state index >= 15 is 0 Å². The van der Waals surface area contributed by atoms with Gasteiger partial charge in [0.2, 0.25) is 5.91 Å². The quantitative estimate of drug-likeness (QED) is 0.560. The van der Waals surface area contributed by atoms with Gasteiger partial charge in [0.15, 0.2) is 0 Å². The Morgan fingerprint density at radius 3 is 3.00 bits per heavy atom. The van der Waals surface area contributed by atoms with Gasteiger partial charge in [-0.25, -0.2) is 0 Å². The summed E-state index contributed by atoms with van der Waals surface area (Å²) in [6, 6.07) is -0.346. The topological polar surface area (TPSA) is 70.2 Å². The highest BCUT2D eigenvalue weighted by Gasteiger charge is 2.27. The molecule has 0 saturated carbocycles. The zero-order chi connectivity index (χ0) is 11.1. The van der Waals surface area contributed by atoms with Crippen molar-refractivity contribution in [2.24, 2.45) is 0 Å². The van der Waals surface area contributed by atoms with Crippen molar-refractivity contribution in [3.63, 3.8) is 0 Å². The van der Waals surface area contributed by atoms with E-state index in [9.17, 15) is 9.59 Å². The highest BCUT2D eigenvalue weighted by Crippen LogP contribution is 2.12. The Morgan fingerprint density at radius 2 is 2.40 bits per heavy atom. The molecule has 1 atom stereocenters. The third kappa shape index (κ3) is 4.53. The first-order valence-corrected chi connectivity index (χ1v) is 6.14. The first-order chi connectivity index (χ1) is 7.24. The average molecular weight is 231 g/mol. The smallest absolute Gasteiger partial charge is 0.279 e. The predicted octanol–water partition coefficient (Wildman–Crippen LogP) is -0.0728. The lowest BCUT2D eigenvalue weighted by atomic mass is 10.3. The Balaban J connectivity index is 2.06. The first kappa shape index (κ1) is 12.3. The van der Waals surface area contributed by atoms with E-state index in [4.69, 9.17) is 0 Å². The number of thioether (sulfide) groups is 1. The van der Waals surface area contributed by atoms with E-state index in [-0.39, 0.29) is 17.2 Å². The molecule has 1 aliphatic heterocycles. The van der Waals surface area contributed by atoms with Crippen LogP contribution in [-0.2, 0) is 4.79 Å². The van der Waals surface area contributed by atoms with E-state index in [0.29, 0.717) is 12.3 Å². The van der Waals surface area contributed by atoms with E-state index in [2.05, 4.69) is 16.0 Å². The molecule has 3 N–H and O–H groups in total. The minimum atomic E-state index is -0.346. The molecule has 15 heavy (non-hydrogen) atoms. The molecule has 0 bridgehead atoms. The predicted molar refractivity (Wildman–Crippen MR) is 60.9 cm³/mol. The summed E-state index contributed by atoms with van der Waals surface area (Å²) in [6.45, 7) is 4.55. The molecule has 1 unspecified atom stereocenters. The normalized spacial score (nSPS) is 20.1. The van der Waals surface area contributed by atoms with E-state index in [1.54, 1.807) is 0 Å². The minimum Gasteiger partial charge on any atom is -0.354 e. The highest BCUT2D eigenvalue weighted by atomic mass is 32.2. The number of rotatable bonds is 6. The molecule has 0 radical (unpaired) electrons. The third-order valence-electron chi connectivity index (χ3n) is 2.07. The van der Waals surface area contributed by atoms with Crippen molar-refractivity contribution in [3.05, 3.63) is 0 Å². The molecule has 5 nitrogen and oxygen atoms in total. The van der Waals surface area contributed by atoms with Gasteiger partial charge in [-0.1, -0.05) is 18.7 Å². The number of amides is 2. The van der Waals surface area contributed by atoms with Crippen LogP contribution in [0.2, 0.25) is 0 Å². The van der Waals surface area contributed by atoms with Crippen molar-refractivity contribution in [3.8, 4) is 0 Å². The molecular weight excluding hydrogens is 214 g/mol. The molecule has 1 aliphatic rings. The van der Waals surface area contributed by atoms with Crippen molar-refractivity contribution in [1.82, 2.24) is 16.0 Å². The number of nitrogens with one attached hydrogen (secondary N) is 3. The van der Waals surface area contributed by atoms with Crippen LogP contribution in [0.5, 0.6) is 0 Å². The minimum absolute atomic E-state index is 0.0788. The molecule has 0 aromatic heterocycles. The van der Waals surface area contributed by atoms with Crippen LogP contribution < -0.4 is 16.0 Å². The third-order valence-corrected chi connectivity index (χ3v) is 2.95. The Labute approximate surface area is 93.7 Å². The summed E-state index contributed by atoms with van der Waals surface area (Å²) >= 11 is 1.16. The van der Waals surface area contributed by atoms with Gasteiger partial charge in [0, 0.05) is 12.3 Å². The lowest BCUT2D eigenvalue weighted by Crippen LogP contribution is -2.43. The summed E-state index contributed by atoms with van der Waals surface area (Å²) in [5.74, 6) is 0.461. The molecule has 0 spiro atoms. The maximum Gasteiger partial charge on any atom is 0.279 e. The Kier molecular flexibility index (Phi) is 5.49. The molecule has 0 aliphatic carbocycles. The van der Waals surface area contributed by atoms with Crippen molar-refractivity contribution >= 4 is 22.9 Å². The van der Waals surface area contributed by atoms with Gasteiger partial charge >= 0.3 is 0 Å². The van der Waals surface area contributed by atoms with Crippen LogP contribution in [0.25, 0.3) is 0 Å². The van der Waals surface area contributed by atoms with Gasteiger partial charge in [-0.2, -0.15) is 0 Å². The average Bonchev–Trinajstić information content (AvgIpc) is 2.64. The van der Waals surface area contributed by atoms with Crippen LogP contribution in [0.1, 0.15) is 13.3 Å². The van der Waals surface area contributed by atoms with Crippen LogP contribution in [0.3, 0.4) is 0 Å². The second-order valence-corrected chi connectivity index (χ2v) is 4.29.